The number of nitrogens with two attached hydrogens (primary N) is 1. The Morgan fingerprint density at radius 2 is 1.91 bits per heavy atom. The van der Waals surface area contributed by atoms with Crippen LogP contribution in [-0.4, -0.2) is 17.9 Å². The summed E-state index contributed by atoms with van der Waals surface area (Å²) >= 11 is 0. The van der Waals surface area contributed by atoms with Gasteiger partial charge in [-0.05, 0) is 29.7 Å². The lowest BCUT2D eigenvalue weighted by Gasteiger charge is -2.15. The molecule has 2 aromatic rings. The largest absolute Gasteiger partial charge is 0.368 e. The summed E-state index contributed by atoms with van der Waals surface area (Å²) in [6.07, 6.45) is 1.20. The monoisotopic (exact) mass is 295 g/mol. The Morgan fingerprint density at radius 1 is 1.18 bits per heavy atom. The Morgan fingerprint density at radius 3 is 2.64 bits per heavy atom. The van der Waals surface area contributed by atoms with Crippen molar-refractivity contribution in [1.29, 1.82) is 5.26 Å². The van der Waals surface area contributed by atoms with Crippen LogP contribution in [0.5, 0.6) is 0 Å². The van der Waals surface area contributed by atoms with E-state index in [-0.39, 0.29) is 5.91 Å². The maximum absolute atomic E-state index is 12.4. The molecule has 3 N–H and O–H groups in total. The van der Waals surface area contributed by atoms with E-state index in [2.05, 4.69) is 5.32 Å². The fourth-order valence-electron chi connectivity index (χ4n) is 2.33. The molecule has 0 heterocycles. The average molecular weight is 295 g/mol. The minimum absolute atomic E-state index is 0.327. The maximum Gasteiger partial charge on any atom is 0.252 e. The molecule has 0 saturated carbocycles. The second-order valence-electron chi connectivity index (χ2n) is 5.01. The van der Waals surface area contributed by atoms with Crippen molar-refractivity contribution in [2.75, 3.05) is 0 Å². The molecule has 2 rings (SSSR count). The molecule has 0 radical (unpaired) electrons. The Labute approximate surface area is 128 Å². The number of rotatable bonds is 6. The van der Waals surface area contributed by atoms with Gasteiger partial charge in [-0.15, -0.1) is 0 Å². The summed E-state index contributed by atoms with van der Waals surface area (Å²) in [5.74, 6) is -0.927. The number of nitrogens with zero attached hydrogens (tertiary/aromatic N) is 1. The van der Waals surface area contributed by atoms with Crippen molar-refractivity contribution in [3.8, 4) is 6.07 Å². The summed E-state index contributed by atoms with van der Waals surface area (Å²) < 4.78 is 0. The Hall–Kier alpha value is -2.87. The molecular formula is C17H17N3O2. The molecule has 0 aliphatic heterocycles. The molecule has 22 heavy (non-hydrogen) atoms. The van der Waals surface area contributed by atoms with Crippen LogP contribution < -0.4 is 11.1 Å². The molecule has 0 bridgehead atoms. The lowest BCUT2D eigenvalue weighted by molar-refractivity contribution is -0.120. The van der Waals surface area contributed by atoms with Gasteiger partial charge in [-0.2, -0.15) is 5.26 Å². The second-order valence-corrected chi connectivity index (χ2v) is 5.01. The number of unbranched alkanes of at least 4 members (excludes halogenated alkanes) is 1. The number of carbonyl (C=O) groups excluding carboxylic acids is 2. The van der Waals surface area contributed by atoms with E-state index >= 15 is 0 Å². The molecule has 0 aromatic heterocycles. The third kappa shape index (κ3) is 3.61. The first-order chi connectivity index (χ1) is 10.6. The van der Waals surface area contributed by atoms with Crippen molar-refractivity contribution >= 4 is 22.6 Å². The number of hydrogen-bond donors (Lipinski definition) is 2. The highest BCUT2D eigenvalue weighted by Gasteiger charge is 2.19. The predicted molar refractivity (Wildman–Crippen MR) is 83.9 cm³/mol. The van der Waals surface area contributed by atoms with Crippen molar-refractivity contribution in [2.45, 2.75) is 25.3 Å². The summed E-state index contributed by atoms with van der Waals surface area (Å²) in [4.78, 5) is 23.9. The lowest BCUT2D eigenvalue weighted by atomic mass is 10.0. The van der Waals surface area contributed by atoms with Crippen LogP contribution in [0.25, 0.3) is 10.8 Å². The van der Waals surface area contributed by atoms with Crippen molar-refractivity contribution < 1.29 is 9.59 Å². The molecule has 0 saturated heterocycles. The fraction of sp³-hybridized carbons (Fsp3) is 0.235. The number of nitrogens with one attached hydrogen (secondary N) is 1. The number of nitriles is 1. The van der Waals surface area contributed by atoms with E-state index in [4.69, 9.17) is 11.0 Å². The molecule has 0 aliphatic carbocycles. The zero-order valence-corrected chi connectivity index (χ0v) is 12.1. The molecule has 5 nitrogen and oxygen atoms in total. The summed E-state index contributed by atoms with van der Waals surface area (Å²) in [7, 11) is 0. The number of fused-ring (bicyclic) bond motifs is 1. The average Bonchev–Trinajstić information content (AvgIpc) is 2.53. The molecule has 2 aromatic carbocycles. The highest BCUT2D eigenvalue weighted by Crippen LogP contribution is 2.18. The maximum atomic E-state index is 12.4. The number of amides is 2. The first kappa shape index (κ1) is 15.5. The third-order valence-electron chi connectivity index (χ3n) is 3.46. The van der Waals surface area contributed by atoms with Crippen molar-refractivity contribution in [3.05, 3.63) is 48.0 Å². The normalized spacial score (nSPS) is 11.6. The fourth-order valence-corrected chi connectivity index (χ4v) is 2.33. The van der Waals surface area contributed by atoms with Gasteiger partial charge in [-0.25, -0.2) is 0 Å². The highest BCUT2D eigenvalue weighted by atomic mass is 16.2. The second kappa shape index (κ2) is 7.23. The highest BCUT2D eigenvalue weighted by molar-refractivity contribution is 6.08. The van der Waals surface area contributed by atoms with Crippen LogP contribution in [0.2, 0.25) is 0 Å². The van der Waals surface area contributed by atoms with Crippen LogP contribution >= 0.6 is 0 Å². The van der Waals surface area contributed by atoms with Crippen molar-refractivity contribution in [1.82, 2.24) is 5.32 Å². The summed E-state index contributed by atoms with van der Waals surface area (Å²) in [5, 5.41) is 13.0. The molecule has 0 spiro atoms. The summed E-state index contributed by atoms with van der Waals surface area (Å²) in [5.41, 5.74) is 5.83. The van der Waals surface area contributed by atoms with E-state index in [1.54, 1.807) is 12.1 Å². The van der Waals surface area contributed by atoms with Gasteiger partial charge in [0.2, 0.25) is 5.91 Å². The van der Waals surface area contributed by atoms with E-state index in [1.165, 1.54) is 0 Å². The smallest absolute Gasteiger partial charge is 0.252 e. The number of primary amides is 1. The van der Waals surface area contributed by atoms with Crippen LogP contribution in [0.3, 0.4) is 0 Å². The van der Waals surface area contributed by atoms with Gasteiger partial charge in [0.1, 0.15) is 6.04 Å². The summed E-state index contributed by atoms with van der Waals surface area (Å²) in [6.45, 7) is 0. The van der Waals surface area contributed by atoms with Crippen molar-refractivity contribution in [3.63, 3.8) is 0 Å². The molecule has 5 heteroatoms. The van der Waals surface area contributed by atoms with Crippen LogP contribution in [-0.2, 0) is 4.79 Å². The Bertz CT molecular complexity index is 729. The molecule has 1 atom stereocenters. The quantitative estimate of drug-likeness (QED) is 0.799. The van der Waals surface area contributed by atoms with Gasteiger partial charge in [0, 0.05) is 12.0 Å². The van der Waals surface area contributed by atoms with Gasteiger partial charge in [-0.1, -0.05) is 36.4 Å². The first-order valence-electron chi connectivity index (χ1n) is 7.08. The standard InChI is InChI=1S/C17H17N3O2/c18-11-4-3-10-15(16(19)21)20-17(22)14-9-5-7-12-6-1-2-8-13(12)14/h1-2,5-9,15H,3-4,10H2,(H2,19,21)(H,20,22)/t15-/m0/s1. The Balaban J connectivity index is 2.19. The van der Waals surface area contributed by atoms with Crippen LogP contribution in [0.4, 0.5) is 0 Å². The predicted octanol–water partition coefficient (Wildman–Crippen LogP) is 2.12. The van der Waals surface area contributed by atoms with E-state index < -0.39 is 11.9 Å². The minimum Gasteiger partial charge on any atom is -0.368 e. The van der Waals surface area contributed by atoms with Gasteiger partial charge >= 0.3 is 0 Å². The number of carbonyl (C=O) groups is 2. The molecule has 0 aliphatic rings. The van der Waals surface area contributed by atoms with E-state index in [0.29, 0.717) is 24.8 Å². The van der Waals surface area contributed by atoms with Crippen LogP contribution in [0.1, 0.15) is 29.6 Å². The molecular weight excluding hydrogens is 278 g/mol. The van der Waals surface area contributed by atoms with Crippen molar-refractivity contribution in [2.24, 2.45) is 5.73 Å². The zero-order valence-electron chi connectivity index (χ0n) is 12.1. The van der Waals surface area contributed by atoms with Gasteiger partial charge in [0.05, 0.1) is 6.07 Å². The first-order valence-corrected chi connectivity index (χ1v) is 7.08. The van der Waals surface area contributed by atoms with E-state index in [1.807, 2.05) is 36.4 Å². The van der Waals surface area contributed by atoms with Gasteiger partial charge in [0.25, 0.3) is 5.91 Å². The van der Waals surface area contributed by atoms with Crippen LogP contribution in [0, 0.1) is 11.3 Å². The molecule has 112 valence electrons. The van der Waals surface area contributed by atoms with Gasteiger partial charge in [-0.3, -0.25) is 9.59 Å². The van der Waals surface area contributed by atoms with Crippen LogP contribution in [0.15, 0.2) is 42.5 Å². The van der Waals surface area contributed by atoms with E-state index in [9.17, 15) is 9.59 Å². The molecule has 0 unspecified atom stereocenters. The molecule has 2 amide bonds. The summed E-state index contributed by atoms with van der Waals surface area (Å²) in [6, 6.07) is 14.2. The SMILES string of the molecule is N#CCCC[C@H](NC(=O)c1cccc2ccccc12)C(N)=O. The number of hydrogen-bond acceptors (Lipinski definition) is 3. The number of benzene rings is 2. The zero-order chi connectivity index (χ0) is 15.9. The topological polar surface area (TPSA) is 96.0 Å². The van der Waals surface area contributed by atoms with Gasteiger partial charge in [0.15, 0.2) is 0 Å². The molecule has 0 fully saturated rings. The van der Waals surface area contributed by atoms with Gasteiger partial charge < -0.3 is 11.1 Å². The van der Waals surface area contributed by atoms with E-state index in [0.717, 1.165) is 10.8 Å². The lowest BCUT2D eigenvalue weighted by Crippen LogP contribution is -2.44. The Kier molecular flexibility index (Phi) is 5.10. The minimum atomic E-state index is -0.764. The third-order valence-corrected chi connectivity index (χ3v) is 3.46.